The van der Waals surface area contributed by atoms with Crippen molar-refractivity contribution in [3.8, 4) is 0 Å². The predicted octanol–water partition coefficient (Wildman–Crippen LogP) is 4.07. The van der Waals surface area contributed by atoms with Crippen LogP contribution in [0.5, 0.6) is 0 Å². The van der Waals surface area contributed by atoms with Crippen molar-refractivity contribution in [1.82, 2.24) is 4.90 Å². The molecule has 2 aliphatic carbocycles. The van der Waals surface area contributed by atoms with Gasteiger partial charge in [0.15, 0.2) is 6.79 Å². The van der Waals surface area contributed by atoms with Gasteiger partial charge in [-0.15, -0.1) is 0 Å². The number of nitrogens with zero attached hydrogens (tertiary/aromatic N) is 1. The summed E-state index contributed by atoms with van der Waals surface area (Å²) in [7, 11) is 4.19. The Bertz CT molecular complexity index is 650. The Kier molecular flexibility index (Phi) is 5.21. The lowest BCUT2D eigenvalue weighted by Crippen LogP contribution is -2.21. The smallest absolute Gasteiger partial charge is 0.189 e. The van der Waals surface area contributed by atoms with Crippen LogP contribution in [0.1, 0.15) is 12.8 Å². The zero-order chi connectivity index (χ0) is 16.2. The number of fused-ring (bicyclic) bond motifs is 2. The van der Waals surface area contributed by atoms with E-state index in [2.05, 4.69) is 43.3 Å². The van der Waals surface area contributed by atoms with Crippen LogP contribution in [0.25, 0.3) is 0 Å². The summed E-state index contributed by atoms with van der Waals surface area (Å²) in [6.07, 6.45) is 16.2. The highest BCUT2D eigenvalue weighted by Crippen LogP contribution is 2.37. The number of ether oxygens (including phenoxy) is 2. The van der Waals surface area contributed by atoms with Gasteiger partial charge in [0.05, 0.1) is 6.26 Å². The monoisotopic (exact) mass is 331 g/mol. The molecule has 1 aliphatic heterocycles. The Balaban J connectivity index is 2.01. The topological polar surface area (TPSA) is 21.7 Å². The third-order valence-electron chi connectivity index (χ3n) is 4.07. The maximum atomic E-state index is 6.14. The number of hydrogen-bond acceptors (Lipinski definition) is 3. The van der Waals surface area contributed by atoms with E-state index in [0.717, 1.165) is 30.5 Å². The molecule has 23 heavy (non-hydrogen) atoms. The van der Waals surface area contributed by atoms with Gasteiger partial charge in [0.25, 0.3) is 0 Å². The van der Waals surface area contributed by atoms with Crippen LogP contribution in [0, 0.1) is 0 Å². The van der Waals surface area contributed by atoms with Crippen LogP contribution in [-0.2, 0) is 9.47 Å². The van der Waals surface area contributed by atoms with Crippen LogP contribution in [-0.4, -0.2) is 38.4 Å². The molecule has 122 valence electrons. The van der Waals surface area contributed by atoms with Gasteiger partial charge in [0.1, 0.15) is 6.10 Å². The highest BCUT2D eigenvalue weighted by molar-refractivity contribution is 6.31. The number of halogens is 1. The van der Waals surface area contributed by atoms with Crippen molar-refractivity contribution in [3.05, 3.63) is 70.0 Å². The van der Waals surface area contributed by atoms with Gasteiger partial charge in [-0.05, 0) is 55.8 Å². The summed E-state index contributed by atoms with van der Waals surface area (Å²) in [5.74, 6) is 0. The van der Waals surface area contributed by atoms with Crippen molar-refractivity contribution in [2.75, 3.05) is 27.4 Å². The maximum absolute atomic E-state index is 6.14. The molecule has 4 heteroatoms. The van der Waals surface area contributed by atoms with Crippen LogP contribution in [0.3, 0.4) is 0 Å². The quantitative estimate of drug-likeness (QED) is 0.778. The summed E-state index contributed by atoms with van der Waals surface area (Å²) in [4.78, 5) is 2.19. The first-order valence-electron chi connectivity index (χ1n) is 7.89. The van der Waals surface area contributed by atoms with Crippen molar-refractivity contribution in [1.29, 1.82) is 0 Å². The van der Waals surface area contributed by atoms with Crippen molar-refractivity contribution < 1.29 is 9.47 Å². The fraction of sp³-hybridized carbons (Fsp3) is 0.368. The molecule has 0 spiro atoms. The number of rotatable bonds is 3. The summed E-state index contributed by atoms with van der Waals surface area (Å²) >= 11 is 6.14. The van der Waals surface area contributed by atoms with Gasteiger partial charge in [0, 0.05) is 17.2 Å². The van der Waals surface area contributed by atoms with E-state index in [0.29, 0.717) is 5.03 Å². The molecule has 0 saturated heterocycles. The third-order valence-corrected chi connectivity index (χ3v) is 4.32. The Labute approximate surface area is 142 Å². The van der Waals surface area contributed by atoms with Crippen LogP contribution in [0.4, 0.5) is 0 Å². The second kappa shape index (κ2) is 7.35. The number of allylic oxidation sites excluding steroid dienone is 7. The lowest BCUT2D eigenvalue weighted by atomic mass is 9.83. The molecule has 0 aromatic heterocycles. The lowest BCUT2D eigenvalue weighted by Gasteiger charge is -2.28. The van der Waals surface area contributed by atoms with E-state index in [1.165, 1.54) is 11.1 Å². The van der Waals surface area contributed by atoms with Crippen LogP contribution in [0.15, 0.2) is 70.0 Å². The zero-order valence-electron chi connectivity index (χ0n) is 13.6. The van der Waals surface area contributed by atoms with E-state index in [-0.39, 0.29) is 12.9 Å². The first-order chi connectivity index (χ1) is 11.1. The summed E-state index contributed by atoms with van der Waals surface area (Å²) in [5.41, 5.74) is 4.80. The van der Waals surface area contributed by atoms with E-state index in [9.17, 15) is 0 Å². The molecule has 3 rings (SSSR count). The van der Waals surface area contributed by atoms with E-state index in [1.54, 1.807) is 6.26 Å². The molecule has 0 aromatic rings. The first kappa shape index (κ1) is 16.3. The summed E-state index contributed by atoms with van der Waals surface area (Å²) in [5, 5.41) is 0.704. The SMILES string of the molecule is CN(C)CCC=C1CC=CC2=COCOC3C=C(Cl)C=CC3=C21. The minimum absolute atomic E-state index is 0.157. The van der Waals surface area contributed by atoms with E-state index < -0.39 is 0 Å². The molecule has 1 atom stereocenters. The van der Waals surface area contributed by atoms with Crippen LogP contribution >= 0.6 is 11.6 Å². The normalized spacial score (nSPS) is 25.4. The molecule has 0 bridgehead atoms. The molecule has 1 heterocycles. The second-order valence-corrected chi connectivity index (χ2v) is 6.52. The molecule has 1 unspecified atom stereocenters. The molecule has 3 nitrogen and oxygen atoms in total. The van der Waals surface area contributed by atoms with Gasteiger partial charge in [-0.3, -0.25) is 0 Å². The van der Waals surface area contributed by atoms with Crippen molar-refractivity contribution in [2.45, 2.75) is 18.9 Å². The summed E-state index contributed by atoms with van der Waals surface area (Å²) in [6.45, 7) is 1.26. The van der Waals surface area contributed by atoms with Gasteiger partial charge in [0.2, 0.25) is 0 Å². The van der Waals surface area contributed by atoms with Gasteiger partial charge in [-0.25, -0.2) is 0 Å². The van der Waals surface area contributed by atoms with Gasteiger partial charge < -0.3 is 14.4 Å². The molecule has 3 aliphatic rings. The molecule has 0 N–H and O–H groups in total. The zero-order valence-corrected chi connectivity index (χ0v) is 14.3. The fourth-order valence-electron chi connectivity index (χ4n) is 2.97. The minimum Gasteiger partial charge on any atom is -0.474 e. The largest absolute Gasteiger partial charge is 0.474 e. The molecule has 0 fully saturated rings. The average Bonchev–Trinajstić information content (AvgIpc) is 2.50. The van der Waals surface area contributed by atoms with E-state index >= 15 is 0 Å². The summed E-state index contributed by atoms with van der Waals surface area (Å²) < 4.78 is 11.3. The van der Waals surface area contributed by atoms with E-state index in [4.69, 9.17) is 21.1 Å². The standard InChI is InChI=1S/C19H22ClNO2/c1-21(2)10-4-7-14-5-3-6-15-12-22-13-23-18-11-16(20)8-9-17(18)19(14)15/h3,6-9,11-12,18H,4-5,10,13H2,1-2H3. The highest BCUT2D eigenvalue weighted by Gasteiger charge is 2.25. The average molecular weight is 332 g/mol. The van der Waals surface area contributed by atoms with E-state index in [1.807, 2.05) is 12.2 Å². The lowest BCUT2D eigenvalue weighted by molar-refractivity contribution is -0.0280. The first-order valence-corrected chi connectivity index (χ1v) is 8.27. The molecular formula is C19H22ClNO2. The Hall–Kier alpha value is -1.55. The van der Waals surface area contributed by atoms with Crippen molar-refractivity contribution in [2.24, 2.45) is 0 Å². The predicted molar refractivity (Wildman–Crippen MR) is 94.0 cm³/mol. The number of hydrogen-bond donors (Lipinski definition) is 0. The maximum Gasteiger partial charge on any atom is 0.189 e. The van der Waals surface area contributed by atoms with Gasteiger partial charge in [-0.1, -0.05) is 35.9 Å². The molecule has 0 amide bonds. The molecule has 0 aromatic carbocycles. The van der Waals surface area contributed by atoms with Gasteiger partial charge >= 0.3 is 0 Å². The minimum atomic E-state index is -0.157. The van der Waals surface area contributed by atoms with Gasteiger partial charge in [-0.2, -0.15) is 0 Å². The molecule has 0 radical (unpaired) electrons. The third kappa shape index (κ3) is 3.86. The van der Waals surface area contributed by atoms with Crippen molar-refractivity contribution >= 4 is 11.6 Å². The molecular weight excluding hydrogens is 310 g/mol. The summed E-state index contributed by atoms with van der Waals surface area (Å²) in [6, 6.07) is 0. The second-order valence-electron chi connectivity index (χ2n) is 6.09. The molecule has 0 saturated carbocycles. The van der Waals surface area contributed by atoms with Crippen LogP contribution in [0.2, 0.25) is 0 Å². The van der Waals surface area contributed by atoms with Crippen molar-refractivity contribution in [3.63, 3.8) is 0 Å². The highest BCUT2D eigenvalue weighted by atomic mass is 35.5. The van der Waals surface area contributed by atoms with Crippen LogP contribution < -0.4 is 0 Å². The Morgan fingerprint density at radius 2 is 2.17 bits per heavy atom. The fourth-order valence-corrected chi connectivity index (χ4v) is 3.15. The Morgan fingerprint density at radius 1 is 1.30 bits per heavy atom. The Morgan fingerprint density at radius 3 is 3.00 bits per heavy atom.